The minimum Gasteiger partial charge on any atom is -0.493 e. The number of amides is 1. The zero-order chi connectivity index (χ0) is 24.6. The normalized spacial score (nSPS) is 19.5. The van der Waals surface area contributed by atoms with Gasteiger partial charge in [0.05, 0.1) is 25.5 Å². The summed E-state index contributed by atoms with van der Waals surface area (Å²) in [6, 6.07) is 6.68. The highest BCUT2D eigenvalue weighted by Crippen LogP contribution is 2.43. The van der Waals surface area contributed by atoms with Crippen molar-refractivity contribution in [3.05, 3.63) is 46.2 Å². The summed E-state index contributed by atoms with van der Waals surface area (Å²) in [5.41, 5.74) is 1.52. The third-order valence-corrected chi connectivity index (χ3v) is 6.63. The van der Waals surface area contributed by atoms with Gasteiger partial charge in [0, 0.05) is 43.0 Å². The number of ketones is 1. The van der Waals surface area contributed by atoms with E-state index in [-0.39, 0.29) is 35.1 Å². The average molecular weight is 489 g/mol. The van der Waals surface area contributed by atoms with E-state index >= 15 is 0 Å². The van der Waals surface area contributed by atoms with Crippen LogP contribution in [-0.4, -0.2) is 60.1 Å². The van der Waals surface area contributed by atoms with Crippen molar-refractivity contribution in [3.63, 3.8) is 0 Å². The smallest absolute Gasteiger partial charge is 0.263 e. The molecule has 2 atom stereocenters. The predicted octanol–water partition coefficient (Wildman–Crippen LogP) is 3.72. The van der Waals surface area contributed by atoms with Gasteiger partial charge in [0.15, 0.2) is 34.3 Å². The SMILES string of the molecule is COc1cc(C(=O)CCC(O)c2cc3c(c(Cl)n2)OCC3(C)C)ccc1OC1CCN(C)C1=O. The number of likely N-dealkylation sites (N-methyl/N-ethyl adjacent to an activating group) is 1. The lowest BCUT2D eigenvalue weighted by molar-refractivity contribution is -0.132. The van der Waals surface area contributed by atoms with Crippen LogP contribution in [0.4, 0.5) is 0 Å². The fourth-order valence-electron chi connectivity index (χ4n) is 4.21. The highest BCUT2D eigenvalue weighted by atomic mass is 35.5. The van der Waals surface area contributed by atoms with E-state index < -0.39 is 12.2 Å². The van der Waals surface area contributed by atoms with Gasteiger partial charge < -0.3 is 24.2 Å². The molecule has 1 N–H and O–H groups in total. The summed E-state index contributed by atoms with van der Waals surface area (Å²) in [6.07, 6.45) is -0.616. The van der Waals surface area contributed by atoms with Crippen molar-refractivity contribution in [3.8, 4) is 17.2 Å². The number of nitrogens with zero attached hydrogens (tertiary/aromatic N) is 2. The first kappa shape index (κ1) is 24.3. The van der Waals surface area contributed by atoms with Crippen LogP contribution in [0.1, 0.15) is 60.8 Å². The lowest BCUT2D eigenvalue weighted by Gasteiger charge is -2.18. The number of carbonyl (C=O) groups excluding carboxylic acids is 2. The molecule has 2 aromatic rings. The Morgan fingerprint density at radius 2 is 2.12 bits per heavy atom. The largest absolute Gasteiger partial charge is 0.493 e. The maximum absolute atomic E-state index is 12.8. The van der Waals surface area contributed by atoms with E-state index in [1.54, 1.807) is 36.2 Å². The molecule has 2 unspecified atom stereocenters. The van der Waals surface area contributed by atoms with Crippen LogP contribution < -0.4 is 14.2 Å². The zero-order valence-electron chi connectivity index (χ0n) is 19.8. The van der Waals surface area contributed by atoms with E-state index in [4.69, 9.17) is 25.8 Å². The summed E-state index contributed by atoms with van der Waals surface area (Å²) in [6.45, 7) is 5.21. The Kier molecular flexibility index (Phi) is 6.73. The number of likely N-dealkylation sites (tertiary alicyclic amines) is 1. The Morgan fingerprint density at radius 3 is 2.79 bits per heavy atom. The Balaban J connectivity index is 1.42. The fraction of sp³-hybridized carbons (Fsp3) is 0.480. The maximum atomic E-state index is 12.8. The summed E-state index contributed by atoms with van der Waals surface area (Å²) in [5.74, 6) is 1.11. The molecule has 0 bridgehead atoms. The number of carbonyl (C=O) groups is 2. The van der Waals surface area contributed by atoms with Crippen molar-refractivity contribution in [1.82, 2.24) is 9.88 Å². The first-order valence-electron chi connectivity index (χ1n) is 11.3. The number of aliphatic hydroxyl groups excluding tert-OH is 1. The van der Waals surface area contributed by atoms with Crippen molar-refractivity contribution in [2.45, 2.75) is 50.7 Å². The minimum atomic E-state index is -0.946. The van der Waals surface area contributed by atoms with Gasteiger partial charge in [-0.25, -0.2) is 4.98 Å². The molecule has 1 aromatic heterocycles. The van der Waals surface area contributed by atoms with Crippen LogP contribution in [0.15, 0.2) is 24.3 Å². The predicted molar refractivity (Wildman–Crippen MR) is 126 cm³/mol. The van der Waals surface area contributed by atoms with Crippen molar-refractivity contribution in [2.75, 3.05) is 27.3 Å². The van der Waals surface area contributed by atoms with Crippen molar-refractivity contribution in [1.29, 1.82) is 0 Å². The van der Waals surface area contributed by atoms with E-state index in [0.717, 1.165) is 5.56 Å². The highest BCUT2D eigenvalue weighted by Gasteiger charge is 2.35. The quantitative estimate of drug-likeness (QED) is 0.446. The number of rotatable bonds is 8. The molecule has 1 fully saturated rings. The van der Waals surface area contributed by atoms with Gasteiger partial charge in [0.1, 0.15) is 0 Å². The number of benzene rings is 1. The number of hydrogen-bond donors (Lipinski definition) is 1. The summed E-state index contributed by atoms with van der Waals surface area (Å²) in [4.78, 5) is 30.8. The van der Waals surface area contributed by atoms with Gasteiger partial charge >= 0.3 is 0 Å². The third-order valence-electron chi connectivity index (χ3n) is 6.38. The minimum absolute atomic E-state index is 0.0774. The molecule has 3 heterocycles. The molecule has 2 aliphatic rings. The monoisotopic (exact) mass is 488 g/mol. The number of fused-ring (bicyclic) bond motifs is 1. The van der Waals surface area contributed by atoms with Crippen molar-refractivity contribution < 1.29 is 28.9 Å². The van der Waals surface area contributed by atoms with E-state index in [9.17, 15) is 14.7 Å². The van der Waals surface area contributed by atoms with Gasteiger partial charge in [0.25, 0.3) is 5.91 Å². The Hall–Kier alpha value is -2.84. The van der Waals surface area contributed by atoms with Crippen molar-refractivity contribution in [2.24, 2.45) is 0 Å². The number of halogens is 1. The molecule has 0 aliphatic carbocycles. The number of hydrogen-bond acceptors (Lipinski definition) is 7. The molecule has 0 saturated carbocycles. The highest BCUT2D eigenvalue weighted by molar-refractivity contribution is 6.31. The van der Waals surface area contributed by atoms with Crippen LogP contribution in [0.5, 0.6) is 17.2 Å². The number of pyridine rings is 1. The summed E-state index contributed by atoms with van der Waals surface area (Å²) in [5, 5.41) is 10.9. The molecular formula is C25H29ClN2O6. The Bertz CT molecular complexity index is 1120. The van der Waals surface area contributed by atoms with Crippen LogP contribution >= 0.6 is 11.6 Å². The van der Waals surface area contributed by atoms with Gasteiger partial charge in [-0.05, 0) is 30.7 Å². The molecule has 2 aliphatic heterocycles. The molecule has 9 heteroatoms. The zero-order valence-corrected chi connectivity index (χ0v) is 20.5. The van der Waals surface area contributed by atoms with E-state index in [0.29, 0.717) is 48.1 Å². The molecule has 34 heavy (non-hydrogen) atoms. The molecular weight excluding hydrogens is 460 g/mol. The molecule has 182 valence electrons. The van der Waals surface area contributed by atoms with Crippen LogP contribution in [0.25, 0.3) is 0 Å². The second-order valence-electron chi connectivity index (χ2n) is 9.39. The molecule has 8 nitrogen and oxygen atoms in total. The van der Waals surface area contributed by atoms with Crippen LogP contribution in [0.3, 0.4) is 0 Å². The average Bonchev–Trinajstić information content (AvgIpc) is 3.30. The molecule has 1 amide bonds. The fourth-order valence-corrected chi connectivity index (χ4v) is 4.47. The van der Waals surface area contributed by atoms with Gasteiger partial charge in [-0.15, -0.1) is 0 Å². The molecule has 4 rings (SSSR count). The van der Waals surface area contributed by atoms with E-state index in [2.05, 4.69) is 4.98 Å². The van der Waals surface area contributed by atoms with Gasteiger partial charge in [-0.3, -0.25) is 9.59 Å². The number of aliphatic hydroxyl groups is 1. The van der Waals surface area contributed by atoms with Crippen LogP contribution in [0.2, 0.25) is 5.15 Å². The summed E-state index contributed by atoms with van der Waals surface area (Å²) < 4.78 is 16.9. The maximum Gasteiger partial charge on any atom is 0.263 e. The van der Waals surface area contributed by atoms with Crippen molar-refractivity contribution >= 4 is 23.3 Å². The topological polar surface area (TPSA) is 98.2 Å². The van der Waals surface area contributed by atoms with Gasteiger partial charge in [0.2, 0.25) is 0 Å². The second kappa shape index (κ2) is 9.43. The number of Topliss-reactive ketones (excluding diaryl/α,β-unsaturated/α-hetero) is 1. The molecule has 0 radical (unpaired) electrons. The number of methoxy groups -OCH3 is 1. The first-order chi connectivity index (χ1) is 16.1. The van der Waals surface area contributed by atoms with E-state index in [1.165, 1.54) is 7.11 Å². The number of aromatic nitrogens is 1. The van der Waals surface area contributed by atoms with Gasteiger partial charge in [-0.1, -0.05) is 25.4 Å². The molecule has 1 aromatic carbocycles. The van der Waals surface area contributed by atoms with Gasteiger partial charge in [-0.2, -0.15) is 0 Å². The molecule has 0 spiro atoms. The number of ether oxygens (including phenoxy) is 3. The third kappa shape index (κ3) is 4.70. The standard InChI is InChI=1S/C25H29ClN2O6/c1-25(2)13-33-22-15(25)12-16(27-23(22)26)18(30)7-6-17(29)14-5-8-19(21(11-14)32-4)34-20-9-10-28(3)24(20)31/h5,8,11-12,18,20,30H,6-7,9-10,13H2,1-4H3. The van der Waals surface area contributed by atoms with Crippen LogP contribution in [-0.2, 0) is 10.2 Å². The second-order valence-corrected chi connectivity index (χ2v) is 9.74. The summed E-state index contributed by atoms with van der Waals surface area (Å²) >= 11 is 6.27. The van der Waals surface area contributed by atoms with Crippen LogP contribution in [0, 0.1) is 0 Å². The Labute approximate surface area is 203 Å². The lowest BCUT2D eigenvalue weighted by atomic mass is 9.86. The first-order valence-corrected chi connectivity index (χ1v) is 11.6. The van der Waals surface area contributed by atoms with E-state index in [1.807, 2.05) is 13.8 Å². The Morgan fingerprint density at radius 1 is 1.35 bits per heavy atom. The lowest BCUT2D eigenvalue weighted by Crippen LogP contribution is -2.29. The molecule has 1 saturated heterocycles. The summed E-state index contributed by atoms with van der Waals surface area (Å²) in [7, 11) is 3.22.